The average molecular weight is 249 g/mol. The molecule has 0 aromatic heterocycles. The standard InChI is InChI=1S/C14H19NO3/c1-3-9-15(10-11-17-2)14(16)18-12-13-7-5-4-6-8-13/h3-8H,1,9-12H2,2H3. The van der Waals surface area contributed by atoms with E-state index in [1.807, 2.05) is 30.3 Å². The van der Waals surface area contributed by atoms with Gasteiger partial charge < -0.3 is 14.4 Å². The molecule has 1 aromatic carbocycles. The van der Waals surface area contributed by atoms with Crippen molar-refractivity contribution in [2.45, 2.75) is 6.61 Å². The van der Waals surface area contributed by atoms with Crippen molar-refractivity contribution in [3.8, 4) is 0 Å². The van der Waals surface area contributed by atoms with E-state index in [4.69, 9.17) is 9.47 Å². The van der Waals surface area contributed by atoms with Gasteiger partial charge in [0.1, 0.15) is 6.61 Å². The molecule has 1 aromatic rings. The second-order valence-electron chi connectivity index (χ2n) is 3.77. The van der Waals surface area contributed by atoms with Crippen LogP contribution >= 0.6 is 0 Å². The highest BCUT2D eigenvalue weighted by Crippen LogP contribution is 2.03. The van der Waals surface area contributed by atoms with Crippen LogP contribution in [0.4, 0.5) is 4.79 Å². The largest absolute Gasteiger partial charge is 0.445 e. The van der Waals surface area contributed by atoms with Crippen LogP contribution in [0.1, 0.15) is 5.56 Å². The molecule has 0 aliphatic rings. The molecule has 4 heteroatoms. The smallest absolute Gasteiger partial charge is 0.410 e. The van der Waals surface area contributed by atoms with Crippen LogP contribution in [0.2, 0.25) is 0 Å². The van der Waals surface area contributed by atoms with Crippen molar-refractivity contribution in [1.29, 1.82) is 0 Å². The van der Waals surface area contributed by atoms with E-state index in [0.717, 1.165) is 5.56 Å². The van der Waals surface area contributed by atoms with Gasteiger partial charge in [-0.15, -0.1) is 6.58 Å². The van der Waals surface area contributed by atoms with E-state index >= 15 is 0 Å². The Labute approximate surface area is 108 Å². The van der Waals surface area contributed by atoms with Crippen molar-refractivity contribution in [2.24, 2.45) is 0 Å². The van der Waals surface area contributed by atoms with Gasteiger partial charge in [-0.05, 0) is 5.56 Å². The summed E-state index contributed by atoms with van der Waals surface area (Å²) in [5.74, 6) is 0. The van der Waals surface area contributed by atoms with Crippen LogP contribution in [0.15, 0.2) is 43.0 Å². The summed E-state index contributed by atoms with van der Waals surface area (Å²) in [5.41, 5.74) is 0.969. The Hall–Kier alpha value is -1.81. The number of carbonyl (C=O) groups excluding carboxylic acids is 1. The molecular formula is C14H19NO3. The number of methoxy groups -OCH3 is 1. The highest BCUT2D eigenvalue weighted by atomic mass is 16.6. The first-order valence-electron chi connectivity index (χ1n) is 5.83. The SMILES string of the molecule is C=CCN(CCOC)C(=O)OCc1ccccc1. The minimum absolute atomic E-state index is 0.278. The predicted octanol–water partition coefficient (Wildman–Crippen LogP) is 2.46. The number of ether oxygens (including phenoxy) is 2. The third-order valence-corrected chi connectivity index (χ3v) is 2.38. The van der Waals surface area contributed by atoms with Crippen molar-refractivity contribution in [3.05, 3.63) is 48.6 Å². The molecule has 4 nitrogen and oxygen atoms in total. The first-order valence-corrected chi connectivity index (χ1v) is 5.83. The Balaban J connectivity index is 2.43. The topological polar surface area (TPSA) is 38.8 Å². The number of hydrogen-bond acceptors (Lipinski definition) is 3. The van der Waals surface area contributed by atoms with E-state index in [2.05, 4.69) is 6.58 Å². The van der Waals surface area contributed by atoms with Gasteiger partial charge in [-0.1, -0.05) is 36.4 Å². The number of nitrogens with zero attached hydrogens (tertiary/aromatic N) is 1. The van der Waals surface area contributed by atoms with Gasteiger partial charge in [-0.3, -0.25) is 0 Å². The number of benzene rings is 1. The van der Waals surface area contributed by atoms with Crippen molar-refractivity contribution in [2.75, 3.05) is 26.8 Å². The third-order valence-electron chi connectivity index (χ3n) is 2.38. The Kier molecular flexibility index (Phi) is 6.58. The molecule has 18 heavy (non-hydrogen) atoms. The first kappa shape index (κ1) is 14.3. The van der Waals surface area contributed by atoms with Crippen LogP contribution in [0.3, 0.4) is 0 Å². The summed E-state index contributed by atoms with van der Waals surface area (Å²) in [6.07, 6.45) is 1.32. The van der Waals surface area contributed by atoms with Crippen LogP contribution in [0, 0.1) is 0 Å². The fraction of sp³-hybridized carbons (Fsp3) is 0.357. The van der Waals surface area contributed by atoms with Crippen LogP contribution in [0.25, 0.3) is 0 Å². The molecule has 0 saturated heterocycles. The maximum Gasteiger partial charge on any atom is 0.410 e. The highest BCUT2D eigenvalue weighted by molar-refractivity contribution is 5.67. The lowest BCUT2D eigenvalue weighted by Gasteiger charge is -2.20. The van der Waals surface area contributed by atoms with Crippen molar-refractivity contribution >= 4 is 6.09 Å². The maximum atomic E-state index is 11.8. The molecule has 0 atom stereocenters. The lowest BCUT2D eigenvalue weighted by Crippen LogP contribution is -2.34. The molecule has 0 fully saturated rings. The number of amides is 1. The summed E-state index contributed by atoms with van der Waals surface area (Å²) in [6, 6.07) is 9.58. The monoisotopic (exact) mass is 249 g/mol. The number of rotatable bonds is 7. The zero-order valence-corrected chi connectivity index (χ0v) is 10.7. The summed E-state index contributed by atoms with van der Waals surface area (Å²) >= 11 is 0. The summed E-state index contributed by atoms with van der Waals surface area (Å²) in [4.78, 5) is 13.4. The highest BCUT2D eigenvalue weighted by Gasteiger charge is 2.12. The molecule has 0 aliphatic carbocycles. The minimum atomic E-state index is -0.351. The lowest BCUT2D eigenvalue weighted by atomic mass is 10.2. The lowest BCUT2D eigenvalue weighted by molar-refractivity contribution is 0.0867. The van der Waals surface area contributed by atoms with Crippen LogP contribution in [-0.2, 0) is 16.1 Å². The van der Waals surface area contributed by atoms with Crippen LogP contribution in [-0.4, -0.2) is 37.8 Å². The van der Waals surface area contributed by atoms with Gasteiger partial charge in [0, 0.05) is 20.2 Å². The fourth-order valence-electron chi connectivity index (χ4n) is 1.43. The maximum absolute atomic E-state index is 11.8. The molecule has 0 aliphatic heterocycles. The van der Waals surface area contributed by atoms with Crippen LogP contribution < -0.4 is 0 Å². The molecule has 1 rings (SSSR count). The Bertz CT molecular complexity index is 365. The second kappa shape index (κ2) is 8.31. The quantitative estimate of drug-likeness (QED) is 0.697. The normalized spacial score (nSPS) is 9.83. The molecule has 98 valence electrons. The van der Waals surface area contributed by atoms with E-state index in [1.54, 1.807) is 18.1 Å². The predicted molar refractivity (Wildman–Crippen MR) is 70.3 cm³/mol. The fourth-order valence-corrected chi connectivity index (χ4v) is 1.43. The summed E-state index contributed by atoms with van der Waals surface area (Å²) in [6.45, 7) is 5.33. The van der Waals surface area contributed by atoms with Crippen molar-refractivity contribution in [1.82, 2.24) is 4.90 Å². The molecule has 0 radical (unpaired) electrons. The van der Waals surface area contributed by atoms with E-state index in [1.165, 1.54) is 0 Å². The summed E-state index contributed by atoms with van der Waals surface area (Å²) < 4.78 is 10.2. The van der Waals surface area contributed by atoms with Crippen molar-refractivity contribution in [3.63, 3.8) is 0 Å². The van der Waals surface area contributed by atoms with E-state index in [-0.39, 0.29) is 12.7 Å². The minimum Gasteiger partial charge on any atom is -0.445 e. The summed E-state index contributed by atoms with van der Waals surface area (Å²) in [7, 11) is 1.60. The van der Waals surface area contributed by atoms with E-state index in [0.29, 0.717) is 19.7 Å². The van der Waals surface area contributed by atoms with Gasteiger partial charge in [-0.2, -0.15) is 0 Å². The van der Waals surface area contributed by atoms with Gasteiger partial charge in [-0.25, -0.2) is 4.79 Å². The molecule has 0 saturated carbocycles. The molecule has 0 heterocycles. The number of carbonyl (C=O) groups is 1. The molecule has 0 spiro atoms. The zero-order chi connectivity index (χ0) is 13.2. The van der Waals surface area contributed by atoms with Crippen molar-refractivity contribution < 1.29 is 14.3 Å². The van der Waals surface area contributed by atoms with Crippen LogP contribution in [0.5, 0.6) is 0 Å². The molecule has 1 amide bonds. The van der Waals surface area contributed by atoms with Gasteiger partial charge in [0.15, 0.2) is 0 Å². The number of hydrogen-bond donors (Lipinski definition) is 0. The van der Waals surface area contributed by atoms with E-state index in [9.17, 15) is 4.79 Å². The van der Waals surface area contributed by atoms with Gasteiger partial charge in [0.2, 0.25) is 0 Å². The molecule has 0 unspecified atom stereocenters. The average Bonchev–Trinajstić information content (AvgIpc) is 2.42. The zero-order valence-electron chi connectivity index (χ0n) is 10.7. The second-order valence-corrected chi connectivity index (χ2v) is 3.77. The van der Waals surface area contributed by atoms with E-state index < -0.39 is 0 Å². The molecule has 0 bridgehead atoms. The Morgan fingerprint density at radius 2 is 2.11 bits per heavy atom. The van der Waals surface area contributed by atoms with Gasteiger partial charge in [0.05, 0.1) is 6.61 Å². The Morgan fingerprint density at radius 3 is 2.72 bits per heavy atom. The van der Waals surface area contributed by atoms with Gasteiger partial charge >= 0.3 is 6.09 Å². The Morgan fingerprint density at radius 1 is 1.39 bits per heavy atom. The van der Waals surface area contributed by atoms with Gasteiger partial charge in [0.25, 0.3) is 0 Å². The molecular weight excluding hydrogens is 230 g/mol. The molecule has 0 N–H and O–H groups in total. The summed E-state index contributed by atoms with van der Waals surface area (Å²) in [5, 5.41) is 0. The first-order chi connectivity index (χ1) is 8.77. The third kappa shape index (κ3) is 5.01.